The lowest BCUT2D eigenvalue weighted by Crippen LogP contribution is -2.41. The quantitative estimate of drug-likeness (QED) is 0.736. The second kappa shape index (κ2) is 6.30. The lowest BCUT2D eigenvalue weighted by atomic mass is 9.82. The number of carbonyl (C=O) groups excluding carboxylic acids is 2. The Kier molecular flexibility index (Phi) is 4.45. The van der Waals surface area contributed by atoms with Gasteiger partial charge in [0.1, 0.15) is 0 Å². The highest BCUT2D eigenvalue weighted by molar-refractivity contribution is 5.97. The van der Waals surface area contributed by atoms with Crippen LogP contribution in [-0.2, 0) is 9.59 Å². The SMILES string of the molecule is O=C(O)c1cc(NC(=O)[C@@H]2CC=CC[C@@H]2C(=O)[O-])ccc1[O-]. The maximum absolute atomic E-state index is 12.2. The molecule has 0 unspecified atom stereocenters. The largest absolute Gasteiger partial charge is 0.872 e. The van der Waals surface area contributed by atoms with E-state index < -0.39 is 41.0 Å². The average molecular weight is 303 g/mol. The molecule has 7 heteroatoms. The van der Waals surface area contributed by atoms with E-state index in [1.807, 2.05) is 0 Å². The summed E-state index contributed by atoms with van der Waals surface area (Å²) in [5.74, 6) is -5.63. The van der Waals surface area contributed by atoms with Gasteiger partial charge < -0.3 is 25.4 Å². The third-order valence-corrected chi connectivity index (χ3v) is 3.55. The fourth-order valence-electron chi connectivity index (χ4n) is 2.37. The van der Waals surface area contributed by atoms with Crippen molar-refractivity contribution >= 4 is 23.5 Å². The van der Waals surface area contributed by atoms with Crippen LogP contribution in [0.2, 0.25) is 0 Å². The van der Waals surface area contributed by atoms with E-state index in [2.05, 4.69) is 5.32 Å². The lowest BCUT2D eigenvalue weighted by Gasteiger charge is -2.28. The molecular weight excluding hydrogens is 290 g/mol. The standard InChI is InChI=1S/C15H15NO6/c17-12-6-5-8(7-11(12)15(21)22)16-13(18)9-3-1-2-4-10(9)14(19)20/h1-2,5-7,9-10,17H,3-4H2,(H,16,18)(H,19,20)(H,21,22)/p-2/t9-,10+/m1/s1. The summed E-state index contributed by atoms with van der Waals surface area (Å²) in [6.45, 7) is 0. The lowest BCUT2D eigenvalue weighted by molar-refractivity contribution is -0.313. The minimum atomic E-state index is -1.39. The van der Waals surface area contributed by atoms with Crippen LogP contribution in [0.1, 0.15) is 23.2 Å². The molecule has 2 rings (SSSR count). The van der Waals surface area contributed by atoms with Gasteiger partial charge in [-0.2, -0.15) is 0 Å². The number of allylic oxidation sites excluding steroid dienone is 2. The first-order chi connectivity index (χ1) is 10.4. The van der Waals surface area contributed by atoms with Crippen LogP contribution in [0, 0.1) is 11.8 Å². The fourth-order valence-corrected chi connectivity index (χ4v) is 2.37. The summed E-state index contributed by atoms with van der Waals surface area (Å²) in [6, 6.07) is 3.37. The molecule has 116 valence electrons. The van der Waals surface area contributed by atoms with Crippen LogP contribution in [0.3, 0.4) is 0 Å². The molecule has 0 saturated heterocycles. The van der Waals surface area contributed by atoms with Gasteiger partial charge in [0, 0.05) is 17.6 Å². The molecule has 0 fully saturated rings. The Bertz CT molecular complexity index is 651. The third kappa shape index (κ3) is 3.25. The van der Waals surface area contributed by atoms with Crippen LogP contribution in [0.15, 0.2) is 30.4 Å². The van der Waals surface area contributed by atoms with Crippen LogP contribution in [0.25, 0.3) is 0 Å². The molecule has 0 bridgehead atoms. The van der Waals surface area contributed by atoms with Gasteiger partial charge in [-0.15, -0.1) is 0 Å². The molecule has 1 aromatic rings. The molecule has 7 nitrogen and oxygen atoms in total. The molecular formula is C15H13NO6-2. The first-order valence-electron chi connectivity index (χ1n) is 6.61. The summed E-state index contributed by atoms with van der Waals surface area (Å²) >= 11 is 0. The Morgan fingerprint density at radius 3 is 2.36 bits per heavy atom. The number of rotatable bonds is 4. The third-order valence-electron chi connectivity index (χ3n) is 3.55. The number of carboxylic acid groups (broad SMARTS) is 2. The number of hydrogen-bond acceptors (Lipinski definition) is 5. The predicted molar refractivity (Wildman–Crippen MR) is 71.8 cm³/mol. The average Bonchev–Trinajstić information content (AvgIpc) is 2.48. The molecule has 22 heavy (non-hydrogen) atoms. The highest BCUT2D eigenvalue weighted by atomic mass is 16.4. The molecule has 2 atom stereocenters. The van der Waals surface area contributed by atoms with Gasteiger partial charge in [0.25, 0.3) is 0 Å². The Balaban J connectivity index is 2.18. The molecule has 1 amide bonds. The molecule has 0 spiro atoms. The van der Waals surface area contributed by atoms with Crippen LogP contribution in [0.4, 0.5) is 5.69 Å². The smallest absolute Gasteiger partial charge is 0.335 e. The van der Waals surface area contributed by atoms with Gasteiger partial charge in [0.15, 0.2) is 0 Å². The first kappa shape index (κ1) is 15.6. The monoisotopic (exact) mass is 303 g/mol. The molecule has 0 aliphatic heterocycles. The minimum absolute atomic E-state index is 0.133. The van der Waals surface area contributed by atoms with E-state index in [1.165, 1.54) is 6.07 Å². The summed E-state index contributed by atoms with van der Waals surface area (Å²) in [5.41, 5.74) is -0.327. The van der Waals surface area contributed by atoms with Crippen molar-refractivity contribution in [3.8, 4) is 5.75 Å². The Hall–Kier alpha value is -2.83. The number of amides is 1. The van der Waals surface area contributed by atoms with Crippen molar-refractivity contribution in [3.05, 3.63) is 35.9 Å². The van der Waals surface area contributed by atoms with E-state index in [4.69, 9.17) is 5.11 Å². The van der Waals surface area contributed by atoms with Gasteiger partial charge in [-0.1, -0.05) is 24.0 Å². The molecule has 0 saturated carbocycles. The van der Waals surface area contributed by atoms with E-state index in [9.17, 15) is 24.6 Å². The summed E-state index contributed by atoms with van der Waals surface area (Å²) in [7, 11) is 0. The van der Waals surface area contributed by atoms with E-state index in [1.54, 1.807) is 12.2 Å². The van der Waals surface area contributed by atoms with Crippen LogP contribution < -0.4 is 15.5 Å². The van der Waals surface area contributed by atoms with Crippen LogP contribution >= 0.6 is 0 Å². The number of benzene rings is 1. The highest BCUT2D eigenvalue weighted by Gasteiger charge is 2.29. The van der Waals surface area contributed by atoms with Crippen molar-refractivity contribution in [2.75, 3.05) is 5.32 Å². The van der Waals surface area contributed by atoms with Crippen molar-refractivity contribution in [1.29, 1.82) is 0 Å². The van der Waals surface area contributed by atoms with Crippen molar-refractivity contribution < 1.29 is 29.7 Å². The van der Waals surface area contributed by atoms with Crippen LogP contribution in [0.5, 0.6) is 5.75 Å². The Morgan fingerprint density at radius 1 is 1.14 bits per heavy atom. The zero-order valence-electron chi connectivity index (χ0n) is 11.4. The number of carbonyl (C=O) groups is 3. The zero-order valence-corrected chi connectivity index (χ0v) is 11.4. The maximum Gasteiger partial charge on any atom is 0.335 e. The molecule has 2 N–H and O–H groups in total. The topological polar surface area (TPSA) is 130 Å². The molecule has 1 aliphatic rings. The molecule has 0 radical (unpaired) electrons. The number of hydrogen-bond donors (Lipinski definition) is 2. The van der Waals surface area contributed by atoms with E-state index in [0.29, 0.717) is 0 Å². The first-order valence-corrected chi connectivity index (χ1v) is 6.61. The summed E-state index contributed by atoms with van der Waals surface area (Å²) in [5, 5.41) is 33.8. The Morgan fingerprint density at radius 2 is 1.77 bits per heavy atom. The van der Waals surface area contributed by atoms with Gasteiger partial charge in [-0.05, 0) is 25.0 Å². The van der Waals surface area contributed by atoms with E-state index in [0.717, 1.165) is 12.1 Å². The van der Waals surface area contributed by atoms with E-state index in [-0.39, 0.29) is 18.5 Å². The van der Waals surface area contributed by atoms with Gasteiger partial charge in [-0.25, -0.2) is 4.79 Å². The number of anilines is 1. The summed E-state index contributed by atoms with van der Waals surface area (Å²) < 4.78 is 0. The number of carboxylic acids is 2. The molecule has 0 aromatic heterocycles. The minimum Gasteiger partial charge on any atom is -0.872 e. The fraction of sp³-hybridized carbons (Fsp3) is 0.267. The van der Waals surface area contributed by atoms with E-state index >= 15 is 0 Å². The van der Waals surface area contributed by atoms with Crippen molar-refractivity contribution in [2.24, 2.45) is 11.8 Å². The van der Waals surface area contributed by atoms with Gasteiger partial charge in [-0.3, -0.25) is 4.79 Å². The second-order valence-corrected chi connectivity index (χ2v) is 4.98. The van der Waals surface area contributed by atoms with Crippen molar-refractivity contribution in [2.45, 2.75) is 12.8 Å². The maximum atomic E-state index is 12.2. The summed E-state index contributed by atoms with van der Waals surface area (Å²) in [6.07, 6.45) is 3.86. The van der Waals surface area contributed by atoms with Crippen LogP contribution in [-0.4, -0.2) is 23.0 Å². The molecule has 0 heterocycles. The van der Waals surface area contributed by atoms with Crippen molar-refractivity contribution in [1.82, 2.24) is 0 Å². The van der Waals surface area contributed by atoms with Gasteiger partial charge in [0.05, 0.1) is 11.5 Å². The van der Waals surface area contributed by atoms with Gasteiger partial charge >= 0.3 is 5.97 Å². The number of aliphatic carboxylic acids is 1. The normalized spacial score (nSPS) is 20.4. The number of nitrogens with one attached hydrogen (secondary N) is 1. The Labute approximate surface area is 125 Å². The van der Waals surface area contributed by atoms with Gasteiger partial charge in [0.2, 0.25) is 5.91 Å². The predicted octanol–water partition coefficient (Wildman–Crippen LogP) is -0.271. The number of aromatic carboxylic acids is 1. The zero-order chi connectivity index (χ0) is 16.3. The summed E-state index contributed by atoms with van der Waals surface area (Å²) in [4.78, 5) is 34.1. The second-order valence-electron chi connectivity index (χ2n) is 4.98. The molecule has 1 aromatic carbocycles. The van der Waals surface area contributed by atoms with Crippen molar-refractivity contribution in [3.63, 3.8) is 0 Å². The highest BCUT2D eigenvalue weighted by Crippen LogP contribution is 2.27. The molecule has 1 aliphatic carbocycles.